The zero-order chi connectivity index (χ0) is 17.1. The molecule has 8 heteroatoms. The van der Waals surface area contributed by atoms with E-state index in [0.717, 1.165) is 0 Å². The van der Waals surface area contributed by atoms with Gasteiger partial charge in [0.2, 0.25) is 0 Å². The van der Waals surface area contributed by atoms with Crippen molar-refractivity contribution in [2.45, 2.75) is 49.0 Å². The van der Waals surface area contributed by atoms with Gasteiger partial charge in [-0.2, -0.15) is 0 Å². The summed E-state index contributed by atoms with van der Waals surface area (Å²) in [6.45, 7) is 0. The van der Waals surface area contributed by atoms with E-state index in [4.69, 9.17) is 21.4 Å². The van der Waals surface area contributed by atoms with Crippen molar-refractivity contribution in [3.63, 3.8) is 0 Å². The minimum absolute atomic E-state index is 0.160. The maximum Gasteiger partial charge on any atom is 0.405 e. The largest absolute Gasteiger partial charge is 0.480 e. The van der Waals surface area contributed by atoms with Crippen LogP contribution in [0.1, 0.15) is 37.4 Å². The lowest BCUT2D eigenvalue weighted by Crippen LogP contribution is -2.84. The highest BCUT2D eigenvalue weighted by atomic mass is 35.5. The Labute approximate surface area is 142 Å². The monoisotopic (exact) mass is 352 g/mol. The number of aliphatic hydroxyl groups is 1. The summed E-state index contributed by atoms with van der Waals surface area (Å²) in [5, 5.41) is 25.0. The molecule has 0 aromatic heterocycles. The molecule has 4 aliphatic rings. The zero-order valence-corrected chi connectivity index (χ0v) is 13.5. The first-order chi connectivity index (χ1) is 11.3. The first kappa shape index (κ1) is 15.5. The molecule has 3 fully saturated rings. The van der Waals surface area contributed by atoms with Gasteiger partial charge in [0, 0.05) is 22.5 Å². The molecule has 3 aliphatic carbocycles. The number of aliphatic hydroxyl groups excluding tert-OH is 1. The van der Waals surface area contributed by atoms with Gasteiger partial charge < -0.3 is 25.6 Å². The average molecular weight is 353 g/mol. The maximum absolute atomic E-state index is 12.5. The fourth-order valence-electron chi connectivity index (χ4n) is 4.20. The van der Waals surface area contributed by atoms with Crippen molar-refractivity contribution in [3.05, 3.63) is 28.8 Å². The van der Waals surface area contributed by atoms with Crippen molar-refractivity contribution in [2.75, 3.05) is 0 Å². The Morgan fingerprint density at radius 1 is 1.21 bits per heavy atom. The SMILES string of the molecule is O=C(O)NC12CC(NC(=O)[C@H]3C[C@@H](O)c4cc(Cl)ccc4O3)(C1)C2. The molecule has 0 saturated heterocycles. The lowest BCUT2D eigenvalue weighted by molar-refractivity contribution is -0.148. The van der Waals surface area contributed by atoms with Crippen LogP contribution in [0.2, 0.25) is 5.02 Å². The van der Waals surface area contributed by atoms with Gasteiger partial charge in [-0.25, -0.2) is 4.79 Å². The molecule has 5 rings (SSSR count). The van der Waals surface area contributed by atoms with Crippen molar-refractivity contribution in [1.82, 2.24) is 10.6 Å². The van der Waals surface area contributed by atoms with E-state index < -0.39 is 18.3 Å². The van der Waals surface area contributed by atoms with Gasteiger partial charge in [-0.3, -0.25) is 4.79 Å². The molecular formula is C16H17ClN2O5. The standard InChI is InChI=1S/C16H17ClN2O5/c17-8-1-2-11-9(3-8)10(20)4-12(24-11)13(21)18-15-5-16(6-15,7-15)19-14(22)23/h1-3,10,12,19-20H,4-7H2,(H,18,21)(H,22,23)/t10-,12-,15?,16?/m1/s1. The van der Waals surface area contributed by atoms with Crippen LogP contribution >= 0.6 is 11.6 Å². The van der Waals surface area contributed by atoms with Crippen LogP contribution in [0.5, 0.6) is 5.75 Å². The molecule has 2 amide bonds. The van der Waals surface area contributed by atoms with E-state index in [9.17, 15) is 14.7 Å². The average Bonchev–Trinajstić information content (AvgIpc) is 2.43. The third-order valence-electron chi connectivity index (χ3n) is 5.12. The van der Waals surface area contributed by atoms with Gasteiger partial charge in [-0.05, 0) is 37.5 Å². The summed E-state index contributed by atoms with van der Waals surface area (Å²) >= 11 is 5.92. The molecule has 1 aromatic rings. The number of nitrogens with one attached hydrogen (secondary N) is 2. The summed E-state index contributed by atoms with van der Waals surface area (Å²) < 4.78 is 5.70. The number of carbonyl (C=O) groups is 2. The predicted octanol–water partition coefficient (Wildman–Crippen LogP) is 1.58. The second-order valence-corrected chi connectivity index (χ2v) is 7.49. The van der Waals surface area contributed by atoms with E-state index in [1.165, 1.54) is 0 Å². The highest BCUT2D eigenvalue weighted by Crippen LogP contribution is 2.60. The van der Waals surface area contributed by atoms with Gasteiger partial charge in [-0.15, -0.1) is 0 Å². The molecule has 4 N–H and O–H groups in total. The summed E-state index contributed by atoms with van der Waals surface area (Å²) in [4.78, 5) is 23.2. The van der Waals surface area contributed by atoms with Crippen LogP contribution < -0.4 is 15.4 Å². The van der Waals surface area contributed by atoms with Crippen molar-refractivity contribution in [1.29, 1.82) is 0 Å². The molecule has 0 unspecified atom stereocenters. The van der Waals surface area contributed by atoms with Crippen molar-refractivity contribution < 1.29 is 24.5 Å². The van der Waals surface area contributed by atoms with Crippen LogP contribution in [0.15, 0.2) is 18.2 Å². The molecule has 0 radical (unpaired) electrons. The number of amides is 2. The zero-order valence-electron chi connectivity index (χ0n) is 12.7. The molecule has 128 valence electrons. The topological polar surface area (TPSA) is 108 Å². The van der Waals surface area contributed by atoms with Crippen LogP contribution in [0, 0.1) is 0 Å². The Kier molecular flexibility index (Phi) is 3.24. The molecule has 2 bridgehead atoms. The number of carboxylic acid groups (broad SMARTS) is 1. The van der Waals surface area contributed by atoms with Crippen LogP contribution in [0.4, 0.5) is 4.79 Å². The van der Waals surface area contributed by atoms with Crippen molar-refractivity contribution in [3.8, 4) is 5.75 Å². The molecule has 2 atom stereocenters. The Balaban J connectivity index is 1.39. The number of rotatable bonds is 3. The Morgan fingerprint density at radius 2 is 1.88 bits per heavy atom. The van der Waals surface area contributed by atoms with Gasteiger partial charge in [0.15, 0.2) is 6.10 Å². The van der Waals surface area contributed by atoms with Crippen LogP contribution in [0.25, 0.3) is 0 Å². The summed E-state index contributed by atoms with van der Waals surface area (Å²) in [6.07, 6.45) is -0.669. The van der Waals surface area contributed by atoms with Gasteiger partial charge >= 0.3 is 6.09 Å². The number of benzene rings is 1. The molecule has 1 aromatic carbocycles. The smallest absolute Gasteiger partial charge is 0.405 e. The second kappa shape index (κ2) is 5.00. The summed E-state index contributed by atoms with van der Waals surface area (Å²) in [5.41, 5.74) is -0.134. The number of fused-ring (bicyclic) bond motifs is 1. The van der Waals surface area contributed by atoms with E-state index in [1.54, 1.807) is 18.2 Å². The van der Waals surface area contributed by atoms with E-state index in [2.05, 4.69) is 10.6 Å². The number of hydrogen-bond acceptors (Lipinski definition) is 4. The normalized spacial score (nSPS) is 35.6. The third-order valence-corrected chi connectivity index (χ3v) is 5.36. The van der Waals surface area contributed by atoms with E-state index >= 15 is 0 Å². The summed E-state index contributed by atoms with van der Waals surface area (Å²) in [5.74, 6) is 0.179. The molecule has 24 heavy (non-hydrogen) atoms. The van der Waals surface area contributed by atoms with Crippen LogP contribution in [-0.4, -0.2) is 39.4 Å². The minimum atomic E-state index is -1.04. The van der Waals surface area contributed by atoms with Crippen molar-refractivity contribution >= 4 is 23.6 Å². The van der Waals surface area contributed by atoms with Gasteiger partial charge in [-0.1, -0.05) is 11.6 Å². The number of hydrogen-bond donors (Lipinski definition) is 4. The lowest BCUT2D eigenvalue weighted by Gasteiger charge is -2.70. The first-order valence-electron chi connectivity index (χ1n) is 7.77. The fourth-order valence-corrected chi connectivity index (χ4v) is 4.38. The molecule has 1 aliphatic heterocycles. The summed E-state index contributed by atoms with van der Waals surface area (Å²) in [6, 6.07) is 4.93. The highest BCUT2D eigenvalue weighted by Gasteiger charge is 2.69. The van der Waals surface area contributed by atoms with Gasteiger partial charge in [0.05, 0.1) is 11.6 Å². The lowest BCUT2D eigenvalue weighted by atomic mass is 9.44. The number of halogens is 1. The Bertz CT molecular complexity index is 717. The number of carbonyl (C=O) groups excluding carboxylic acids is 1. The van der Waals surface area contributed by atoms with E-state index in [-0.39, 0.29) is 23.4 Å². The molecule has 3 saturated carbocycles. The van der Waals surface area contributed by atoms with Gasteiger partial charge in [0.25, 0.3) is 5.91 Å². The minimum Gasteiger partial charge on any atom is -0.480 e. The number of ether oxygens (including phenoxy) is 1. The summed E-state index contributed by atoms with van der Waals surface area (Å²) in [7, 11) is 0. The second-order valence-electron chi connectivity index (χ2n) is 7.05. The highest BCUT2D eigenvalue weighted by molar-refractivity contribution is 6.30. The van der Waals surface area contributed by atoms with E-state index in [0.29, 0.717) is 35.6 Å². The molecule has 1 heterocycles. The Hall–Kier alpha value is -1.99. The fraction of sp³-hybridized carbons (Fsp3) is 0.500. The Morgan fingerprint density at radius 3 is 2.54 bits per heavy atom. The maximum atomic E-state index is 12.5. The quantitative estimate of drug-likeness (QED) is 0.660. The van der Waals surface area contributed by atoms with Crippen molar-refractivity contribution in [2.24, 2.45) is 0 Å². The van der Waals surface area contributed by atoms with Crippen LogP contribution in [0.3, 0.4) is 0 Å². The van der Waals surface area contributed by atoms with E-state index in [1.807, 2.05) is 0 Å². The third kappa shape index (κ3) is 2.39. The van der Waals surface area contributed by atoms with Gasteiger partial charge in [0.1, 0.15) is 5.75 Å². The molecule has 0 spiro atoms. The molecular weight excluding hydrogens is 336 g/mol. The first-order valence-corrected chi connectivity index (χ1v) is 8.15. The van der Waals surface area contributed by atoms with Crippen LogP contribution in [-0.2, 0) is 4.79 Å². The molecule has 7 nitrogen and oxygen atoms in total. The predicted molar refractivity (Wildman–Crippen MR) is 84.1 cm³/mol.